The summed E-state index contributed by atoms with van der Waals surface area (Å²) in [6.07, 6.45) is 2.21. The van der Waals surface area contributed by atoms with Crippen molar-refractivity contribution in [1.29, 1.82) is 0 Å². The molecule has 0 spiro atoms. The molecule has 0 saturated carbocycles. The van der Waals surface area contributed by atoms with Crippen LogP contribution in [0.5, 0.6) is 0 Å². The third-order valence-electron chi connectivity index (χ3n) is 3.94. The monoisotopic (exact) mass is 346 g/mol. The summed E-state index contributed by atoms with van der Waals surface area (Å²) < 4.78 is 24.3. The van der Waals surface area contributed by atoms with E-state index >= 15 is 0 Å². The molecule has 2 heterocycles. The van der Waals surface area contributed by atoms with Crippen LogP contribution in [0.3, 0.4) is 0 Å². The number of sulfonamides is 1. The Morgan fingerprint density at radius 1 is 1.50 bits per heavy atom. The quantitative estimate of drug-likeness (QED) is 0.803. The van der Waals surface area contributed by atoms with Crippen LogP contribution in [0.25, 0.3) is 0 Å². The lowest BCUT2D eigenvalue weighted by Crippen LogP contribution is -2.42. The highest BCUT2D eigenvalue weighted by Gasteiger charge is 2.28. The van der Waals surface area contributed by atoms with E-state index in [0.717, 1.165) is 5.56 Å². The van der Waals surface area contributed by atoms with E-state index < -0.39 is 16.1 Å². The molecule has 1 saturated heterocycles. The molecule has 0 aliphatic carbocycles. The van der Waals surface area contributed by atoms with Crippen molar-refractivity contribution in [3.63, 3.8) is 0 Å². The Hall–Kier alpha value is -0.960. The van der Waals surface area contributed by atoms with Crippen LogP contribution in [-0.2, 0) is 14.8 Å². The van der Waals surface area contributed by atoms with Crippen LogP contribution in [0.2, 0.25) is 0 Å². The number of nitrogens with one attached hydrogen (secondary N) is 1. The molecule has 1 amide bonds. The first-order chi connectivity index (χ1) is 10.4. The summed E-state index contributed by atoms with van der Waals surface area (Å²) >= 11 is 1.53. The van der Waals surface area contributed by atoms with E-state index in [1.54, 1.807) is 0 Å². The SMILES string of the molecule is CS(=O)(=O)N1CCC(C(=O)NCCC(O)c2ccsc2)CC1. The van der Waals surface area contributed by atoms with Crippen molar-refractivity contribution in [3.8, 4) is 0 Å². The van der Waals surface area contributed by atoms with E-state index in [2.05, 4.69) is 5.32 Å². The average Bonchev–Trinajstić information content (AvgIpc) is 3.00. The minimum Gasteiger partial charge on any atom is -0.388 e. The maximum absolute atomic E-state index is 12.1. The van der Waals surface area contributed by atoms with E-state index in [1.807, 2.05) is 16.8 Å². The van der Waals surface area contributed by atoms with Gasteiger partial charge in [-0.1, -0.05) is 0 Å². The highest BCUT2D eigenvalue weighted by atomic mass is 32.2. The fourth-order valence-electron chi connectivity index (χ4n) is 2.56. The molecule has 1 unspecified atom stereocenters. The third kappa shape index (κ3) is 4.77. The van der Waals surface area contributed by atoms with Crippen molar-refractivity contribution in [2.75, 3.05) is 25.9 Å². The van der Waals surface area contributed by atoms with Crippen LogP contribution < -0.4 is 5.32 Å². The van der Waals surface area contributed by atoms with Crippen LogP contribution in [0, 0.1) is 5.92 Å². The highest BCUT2D eigenvalue weighted by molar-refractivity contribution is 7.88. The normalized spacial score (nSPS) is 19.0. The summed E-state index contributed by atoms with van der Waals surface area (Å²) in [6.45, 7) is 1.21. The molecular formula is C14H22N2O4S2. The Balaban J connectivity index is 1.70. The van der Waals surface area contributed by atoms with E-state index in [-0.39, 0.29) is 11.8 Å². The molecule has 1 aliphatic heterocycles. The lowest BCUT2D eigenvalue weighted by Gasteiger charge is -2.29. The summed E-state index contributed by atoms with van der Waals surface area (Å²) in [5.41, 5.74) is 0.876. The zero-order valence-corrected chi connectivity index (χ0v) is 14.2. The van der Waals surface area contributed by atoms with Crippen molar-refractivity contribution in [3.05, 3.63) is 22.4 Å². The first kappa shape index (κ1) is 17.4. The molecule has 2 N–H and O–H groups in total. The molecule has 2 rings (SSSR count). The van der Waals surface area contributed by atoms with Gasteiger partial charge in [0.1, 0.15) is 0 Å². The molecule has 0 bridgehead atoms. The number of aliphatic hydroxyl groups excluding tert-OH is 1. The van der Waals surface area contributed by atoms with Crippen LogP contribution in [0.1, 0.15) is 30.9 Å². The molecule has 8 heteroatoms. The van der Waals surface area contributed by atoms with Crippen molar-refractivity contribution in [2.24, 2.45) is 5.92 Å². The second kappa shape index (κ2) is 7.54. The van der Waals surface area contributed by atoms with Gasteiger partial charge in [-0.2, -0.15) is 11.3 Å². The highest BCUT2D eigenvalue weighted by Crippen LogP contribution is 2.20. The molecule has 0 radical (unpaired) electrons. The van der Waals surface area contributed by atoms with Gasteiger partial charge in [-0.05, 0) is 41.7 Å². The molecule has 1 fully saturated rings. The Labute approximate surface area is 135 Å². The predicted molar refractivity (Wildman–Crippen MR) is 86.0 cm³/mol. The summed E-state index contributed by atoms with van der Waals surface area (Å²) in [6, 6.07) is 1.87. The minimum absolute atomic E-state index is 0.0503. The van der Waals surface area contributed by atoms with Gasteiger partial charge < -0.3 is 10.4 Å². The lowest BCUT2D eigenvalue weighted by molar-refractivity contribution is -0.126. The zero-order valence-electron chi connectivity index (χ0n) is 12.6. The molecule has 6 nitrogen and oxygen atoms in total. The molecule has 1 aliphatic rings. The van der Waals surface area contributed by atoms with Gasteiger partial charge in [0, 0.05) is 25.6 Å². The summed E-state index contributed by atoms with van der Waals surface area (Å²) in [7, 11) is -3.16. The summed E-state index contributed by atoms with van der Waals surface area (Å²) in [5, 5.41) is 16.6. The second-order valence-electron chi connectivity index (χ2n) is 5.59. The van der Waals surface area contributed by atoms with Gasteiger partial charge in [-0.25, -0.2) is 12.7 Å². The number of thiophene rings is 1. The molecule has 124 valence electrons. The van der Waals surface area contributed by atoms with Gasteiger partial charge in [-0.15, -0.1) is 0 Å². The van der Waals surface area contributed by atoms with Crippen LogP contribution in [0.4, 0.5) is 0 Å². The topological polar surface area (TPSA) is 86.7 Å². The summed E-state index contributed by atoms with van der Waals surface area (Å²) in [5.74, 6) is -0.193. The van der Waals surface area contributed by atoms with E-state index in [4.69, 9.17) is 0 Å². The Morgan fingerprint density at radius 2 is 2.18 bits per heavy atom. The van der Waals surface area contributed by atoms with Crippen molar-refractivity contribution in [1.82, 2.24) is 9.62 Å². The number of amides is 1. The number of hydrogen-bond acceptors (Lipinski definition) is 5. The van der Waals surface area contributed by atoms with Crippen molar-refractivity contribution >= 4 is 27.3 Å². The third-order valence-corrected chi connectivity index (χ3v) is 5.94. The number of aliphatic hydroxyl groups is 1. The van der Waals surface area contributed by atoms with Gasteiger partial charge in [0.05, 0.1) is 12.4 Å². The van der Waals surface area contributed by atoms with Crippen molar-refractivity contribution < 1.29 is 18.3 Å². The first-order valence-electron chi connectivity index (χ1n) is 7.31. The first-order valence-corrected chi connectivity index (χ1v) is 10.1. The number of piperidine rings is 1. The summed E-state index contributed by atoms with van der Waals surface area (Å²) in [4.78, 5) is 12.1. The Morgan fingerprint density at radius 3 is 2.73 bits per heavy atom. The van der Waals surface area contributed by atoms with E-state index in [1.165, 1.54) is 21.9 Å². The standard InChI is InChI=1S/C14H22N2O4S2/c1-22(19,20)16-7-3-11(4-8-16)14(18)15-6-2-13(17)12-5-9-21-10-12/h5,9-11,13,17H,2-4,6-8H2,1H3,(H,15,18). The van der Waals surface area contributed by atoms with Gasteiger partial charge in [0.25, 0.3) is 0 Å². The van der Waals surface area contributed by atoms with Gasteiger partial charge in [0.2, 0.25) is 15.9 Å². The van der Waals surface area contributed by atoms with Gasteiger partial charge in [0.15, 0.2) is 0 Å². The zero-order chi connectivity index (χ0) is 16.2. The van der Waals surface area contributed by atoms with Crippen LogP contribution in [-0.4, -0.2) is 49.6 Å². The minimum atomic E-state index is -3.16. The molecule has 22 heavy (non-hydrogen) atoms. The number of rotatable bonds is 6. The molecule has 1 aromatic heterocycles. The Bertz CT molecular complexity index is 578. The van der Waals surface area contributed by atoms with E-state index in [9.17, 15) is 18.3 Å². The maximum atomic E-state index is 12.1. The van der Waals surface area contributed by atoms with Gasteiger partial charge in [-0.3, -0.25) is 4.79 Å². The second-order valence-corrected chi connectivity index (χ2v) is 8.35. The maximum Gasteiger partial charge on any atom is 0.223 e. The molecule has 0 aromatic carbocycles. The Kier molecular flexibility index (Phi) is 5.96. The number of hydrogen-bond donors (Lipinski definition) is 2. The fourth-order valence-corrected chi connectivity index (χ4v) is 4.14. The molecular weight excluding hydrogens is 324 g/mol. The average molecular weight is 346 g/mol. The number of carbonyl (C=O) groups is 1. The molecule has 1 aromatic rings. The van der Waals surface area contributed by atoms with Gasteiger partial charge >= 0.3 is 0 Å². The van der Waals surface area contributed by atoms with E-state index in [0.29, 0.717) is 38.9 Å². The van der Waals surface area contributed by atoms with Crippen LogP contribution >= 0.6 is 11.3 Å². The smallest absolute Gasteiger partial charge is 0.223 e. The number of nitrogens with zero attached hydrogens (tertiary/aromatic N) is 1. The molecule has 1 atom stereocenters. The van der Waals surface area contributed by atoms with Crippen LogP contribution in [0.15, 0.2) is 16.8 Å². The lowest BCUT2D eigenvalue weighted by atomic mass is 9.97. The largest absolute Gasteiger partial charge is 0.388 e. The predicted octanol–water partition coefficient (Wildman–Crippen LogP) is 0.959. The fraction of sp³-hybridized carbons (Fsp3) is 0.643. The van der Waals surface area contributed by atoms with Crippen molar-refractivity contribution in [2.45, 2.75) is 25.4 Å². The number of carbonyl (C=O) groups excluding carboxylic acids is 1.